The zero-order chi connectivity index (χ0) is 13.7. The first kappa shape index (κ1) is 14.2. The molecule has 1 amide bonds. The van der Waals surface area contributed by atoms with Gasteiger partial charge in [-0.2, -0.15) is 0 Å². The number of benzene rings is 1. The van der Waals surface area contributed by atoms with Gasteiger partial charge in [-0.1, -0.05) is 19.1 Å². The number of nitrogens with one attached hydrogen (secondary N) is 1. The summed E-state index contributed by atoms with van der Waals surface area (Å²) in [5, 5.41) is 11.0. The average molecular weight is 253 g/mol. The molecule has 0 saturated heterocycles. The van der Waals surface area contributed by atoms with E-state index in [4.69, 9.17) is 5.11 Å². The van der Waals surface area contributed by atoms with E-state index in [1.165, 1.54) is 19.1 Å². The number of amides is 1. The van der Waals surface area contributed by atoms with Crippen molar-refractivity contribution in [1.29, 1.82) is 0 Å². The normalized spacial score (nSPS) is 13.7. The minimum absolute atomic E-state index is 0.0911. The van der Waals surface area contributed by atoms with E-state index in [-0.39, 0.29) is 24.1 Å². The molecule has 1 aromatic carbocycles. The van der Waals surface area contributed by atoms with E-state index >= 15 is 0 Å². The molecule has 18 heavy (non-hydrogen) atoms. The number of rotatable bonds is 5. The van der Waals surface area contributed by atoms with Gasteiger partial charge in [0.1, 0.15) is 11.9 Å². The number of halogens is 1. The first-order valence-electron chi connectivity index (χ1n) is 5.67. The molecule has 0 aliphatic heterocycles. The lowest BCUT2D eigenvalue weighted by atomic mass is 9.97. The van der Waals surface area contributed by atoms with Crippen LogP contribution >= 0.6 is 0 Å². The Morgan fingerprint density at radius 3 is 2.33 bits per heavy atom. The van der Waals surface area contributed by atoms with Crippen LogP contribution < -0.4 is 5.32 Å². The van der Waals surface area contributed by atoms with Crippen molar-refractivity contribution in [1.82, 2.24) is 5.32 Å². The maximum absolute atomic E-state index is 12.7. The molecule has 1 aromatic rings. The topological polar surface area (TPSA) is 66.4 Å². The van der Waals surface area contributed by atoms with Gasteiger partial charge in [-0.3, -0.25) is 9.59 Å². The molecular formula is C13H16FNO3. The Balaban J connectivity index is 2.54. The predicted molar refractivity (Wildman–Crippen MR) is 64.7 cm³/mol. The molecule has 1 rings (SSSR count). The summed E-state index contributed by atoms with van der Waals surface area (Å²) >= 11 is 0. The van der Waals surface area contributed by atoms with E-state index in [1.807, 2.05) is 6.92 Å². The number of carbonyl (C=O) groups excluding carboxylic acids is 1. The van der Waals surface area contributed by atoms with E-state index in [0.717, 1.165) is 5.56 Å². The van der Waals surface area contributed by atoms with Gasteiger partial charge in [-0.05, 0) is 30.5 Å². The summed E-state index contributed by atoms with van der Waals surface area (Å²) in [6.45, 7) is 3.24. The molecule has 0 saturated carbocycles. The van der Waals surface area contributed by atoms with Gasteiger partial charge in [0.15, 0.2) is 0 Å². The molecule has 0 heterocycles. The Morgan fingerprint density at radius 2 is 1.83 bits per heavy atom. The number of carboxylic acid groups (broad SMARTS) is 1. The Labute approximate surface area is 105 Å². The first-order chi connectivity index (χ1) is 8.40. The van der Waals surface area contributed by atoms with Crippen LogP contribution in [0.1, 0.15) is 31.7 Å². The Morgan fingerprint density at radius 1 is 1.28 bits per heavy atom. The van der Waals surface area contributed by atoms with Crippen LogP contribution in [0.4, 0.5) is 4.39 Å². The second kappa shape index (κ2) is 6.14. The van der Waals surface area contributed by atoms with Crippen LogP contribution in [0.5, 0.6) is 0 Å². The molecule has 0 fully saturated rings. The lowest BCUT2D eigenvalue weighted by Crippen LogP contribution is -2.38. The molecular weight excluding hydrogens is 237 g/mol. The monoisotopic (exact) mass is 253 g/mol. The number of carboxylic acids is 1. The molecule has 2 unspecified atom stereocenters. The van der Waals surface area contributed by atoms with Crippen molar-refractivity contribution in [2.45, 2.75) is 32.2 Å². The Bertz CT molecular complexity index is 430. The number of hydrogen-bond acceptors (Lipinski definition) is 2. The summed E-state index contributed by atoms with van der Waals surface area (Å²) in [5.41, 5.74) is 0.842. The lowest BCUT2D eigenvalue weighted by Gasteiger charge is -2.14. The molecule has 0 radical (unpaired) electrons. The number of hydrogen-bond donors (Lipinski definition) is 2. The molecule has 0 bridgehead atoms. The third kappa shape index (κ3) is 4.16. The summed E-state index contributed by atoms with van der Waals surface area (Å²) < 4.78 is 12.7. The molecule has 2 atom stereocenters. The highest BCUT2D eigenvalue weighted by atomic mass is 19.1. The second-order valence-electron chi connectivity index (χ2n) is 4.28. The van der Waals surface area contributed by atoms with Gasteiger partial charge in [0, 0.05) is 6.42 Å². The van der Waals surface area contributed by atoms with Gasteiger partial charge < -0.3 is 10.4 Å². The van der Waals surface area contributed by atoms with Crippen molar-refractivity contribution in [3.63, 3.8) is 0 Å². The van der Waals surface area contributed by atoms with Crippen molar-refractivity contribution in [2.75, 3.05) is 0 Å². The average Bonchev–Trinajstić information content (AvgIpc) is 2.29. The summed E-state index contributed by atoms with van der Waals surface area (Å²) in [6, 6.07) is 5.01. The highest BCUT2D eigenvalue weighted by Crippen LogP contribution is 2.19. The fourth-order valence-corrected chi connectivity index (χ4v) is 1.55. The minimum Gasteiger partial charge on any atom is -0.480 e. The molecule has 2 N–H and O–H groups in total. The highest BCUT2D eigenvalue weighted by molar-refractivity contribution is 5.83. The summed E-state index contributed by atoms with van der Waals surface area (Å²) in [7, 11) is 0. The number of carbonyl (C=O) groups is 2. The van der Waals surface area contributed by atoms with E-state index in [1.54, 1.807) is 12.1 Å². The van der Waals surface area contributed by atoms with Crippen LogP contribution in [0.3, 0.4) is 0 Å². The Hall–Kier alpha value is -1.91. The molecule has 4 nitrogen and oxygen atoms in total. The van der Waals surface area contributed by atoms with Gasteiger partial charge >= 0.3 is 5.97 Å². The van der Waals surface area contributed by atoms with Gasteiger partial charge in [0.05, 0.1) is 0 Å². The maximum Gasteiger partial charge on any atom is 0.325 e. The molecule has 0 aliphatic rings. The van der Waals surface area contributed by atoms with Crippen LogP contribution in [0, 0.1) is 5.82 Å². The fraction of sp³-hybridized carbons (Fsp3) is 0.385. The minimum atomic E-state index is -1.07. The second-order valence-corrected chi connectivity index (χ2v) is 4.28. The van der Waals surface area contributed by atoms with Crippen molar-refractivity contribution < 1.29 is 19.1 Å². The quantitative estimate of drug-likeness (QED) is 0.842. The fourth-order valence-electron chi connectivity index (χ4n) is 1.55. The van der Waals surface area contributed by atoms with E-state index in [0.29, 0.717) is 0 Å². The molecule has 0 aliphatic carbocycles. The summed E-state index contributed by atoms with van der Waals surface area (Å²) in [6.07, 6.45) is 0.170. The molecule has 98 valence electrons. The molecule has 0 aromatic heterocycles. The van der Waals surface area contributed by atoms with E-state index in [9.17, 15) is 14.0 Å². The van der Waals surface area contributed by atoms with E-state index in [2.05, 4.69) is 5.32 Å². The highest BCUT2D eigenvalue weighted by Gasteiger charge is 2.16. The zero-order valence-electron chi connectivity index (χ0n) is 10.3. The largest absolute Gasteiger partial charge is 0.480 e. The third-order valence-electron chi connectivity index (χ3n) is 2.68. The van der Waals surface area contributed by atoms with Crippen LogP contribution in [-0.4, -0.2) is 23.0 Å². The van der Waals surface area contributed by atoms with Gasteiger partial charge in [0.2, 0.25) is 5.91 Å². The molecule has 5 heteroatoms. The summed E-state index contributed by atoms with van der Waals surface area (Å²) in [5.74, 6) is -1.82. The predicted octanol–water partition coefficient (Wildman–Crippen LogP) is 1.91. The van der Waals surface area contributed by atoms with Gasteiger partial charge in [-0.25, -0.2) is 4.39 Å². The zero-order valence-corrected chi connectivity index (χ0v) is 10.3. The van der Waals surface area contributed by atoms with Crippen molar-refractivity contribution >= 4 is 11.9 Å². The maximum atomic E-state index is 12.7. The van der Waals surface area contributed by atoms with Gasteiger partial charge in [0.25, 0.3) is 0 Å². The van der Waals surface area contributed by atoms with Crippen molar-refractivity contribution in [3.8, 4) is 0 Å². The molecule has 0 spiro atoms. The SMILES string of the molecule is CC(NC(=O)CC(C)c1ccc(F)cc1)C(=O)O. The van der Waals surface area contributed by atoms with E-state index < -0.39 is 12.0 Å². The van der Waals surface area contributed by atoms with Gasteiger partial charge in [-0.15, -0.1) is 0 Å². The van der Waals surface area contributed by atoms with Crippen LogP contribution in [0.2, 0.25) is 0 Å². The Kier molecular flexibility index (Phi) is 4.83. The first-order valence-corrected chi connectivity index (χ1v) is 5.67. The lowest BCUT2D eigenvalue weighted by molar-refractivity contribution is -0.141. The summed E-state index contributed by atoms with van der Waals surface area (Å²) in [4.78, 5) is 22.1. The smallest absolute Gasteiger partial charge is 0.325 e. The van der Waals surface area contributed by atoms with Crippen molar-refractivity contribution in [2.24, 2.45) is 0 Å². The third-order valence-corrected chi connectivity index (χ3v) is 2.68. The van der Waals surface area contributed by atoms with Crippen LogP contribution in [-0.2, 0) is 9.59 Å². The standard InChI is InChI=1S/C13H16FNO3/c1-8(10-3-5-11(14)6-4-10)7-12(16)15-9(2)13(17)18/h3-6,8-9H,7H2,1-2H3,(H,15,16)(H,17,18). The van der Waals surface area contributed by atoms with Crippen LogP contribution in [0.25, 0.3) is 0 Å². The van der Waals surface area contributed by atoms with Crippen molar-refractivity contribution in [3.05, 3.63) is 35.6 Å². The van der Waals surface area contributed by atoms with Crippen LogP contribution in [0.15, 0.2) is 24.3 Å². The number of aliphatic carboxylic acids is 1.